The lowest BCUT2D eigenvalue weighted by Crippen LogP contribution is -2.24. The molecule has 0 saturated heterocycles. The Labute approximate surface area is 79.8 Å². The Kier molecular flexibility index (Phi) is 4.65. The highest BCUT2D eigenvalue weighted by Crippen LogP contribution is 2.28. The molecule has 0 aromatic heterocycles. The van der Waals surface area contributed by atoms with Crippen molar-refractivity contribution >= 4 is 6.09 Å². The number of alkyl carbamates (subject to hydrolysis) is 1. The van der Waals surface area contributed by atoms with Gasteiger partial charge in [0.15, 0.2) is 0 Å². The van der Waals surface area contributed by atoms with E-state index in [2.05, 4.69) is 10.1 Å². The number of rotatable bonds is 4. The van der Waals surface area contributed by atoms with E-state index < -0.39 is 0 Å². The van der Waals surface area contributed by atoms with Crippen molar-refractivity contribution in [2.45, 2.75) is 38.5 Å². The van der Waals surface area contributed by atoms with Crippen LogP contribution in [0.15, 0.2) is 0 Å². The number of hydrogen-bond acceptors (Lipinski definition) is 2. The highest BCUT2D eigenvalue weighted by molar-refractivity contribution is 5.66. The van der Waals surface area contributed by atoms with Gasteiger partial charge in [0, 0.05) is 6.54 Å². The van der Waals surface area contributed by atoms with E-state index in [1.54, 1.807) is 0 Å². The highest BCUT2D eigenvalue weighted by atomic mass is 16.5. The lowest BCUT2D eigenvalue weighted by Gasteiger charge is -2.08. The minimum Gasteiger partial charge on any atom is -0.453 e. The van der Waals surface area contributed by atoms with Crippen LogP contribution in [0.2, 0.25) is 0 Å². The lowest BCUT2D eigenvalue weighted by atomic mass is 10.0. The SMILES string of the molecule is COC(=O)NCCCC1CCCC1. The molecule has 3 nitrogen and oxygen atoms in total. The molecule has 1 N–H and O–H groups in total. The molecule has 1 fully saturated rings. The van der Waals surface area contributed by atoms with Crippen molar-refractivity contribution in [2.24, 2.45) is 5.92 Å². The lowest BCUT2D eigenvalue weighted by molar-refractivity contribution is 0.170. The molecule has 0 heterocycles. The summed E-state index contributed by atoms with van der Waals surface area (Å²) in [5.41, 5.74) is 0. The number of hydrogen-bond donors (Lipinski definition) is 1. The van der Waals surface area contributed by atoms with Crippen LogP contribution >= 0.6 is 0 Å². The van der Waals surface area contributed by atoms with Gasteiger partial charge in [-0.3, -0.25) is 0 Å². The Morgan fingerprint density at radius 1 is 1.46 bits per heavy atom. The van der Waals surface area contributed by atoms with Crippen LogP contribution in [0.1, 0.15) is 38.5 Å². The summed E-state index contributed by atoms with van der Waals surface area (Å²) in [4.78, 5) is 10.7. The molecule has 0 aliphatic heterocycles. The van der Waals surface area contributed by atoms with E-state index in [4.69, 9.17) is 0 Å². The number of ether oxygens (including phenoxy) is 1. The largest absolute Gasteiger partial charge is 0.453 e. The van der Waals surface area contributed by atoms with Gasteiger partial charge in [0.05, 0.1) is 7.11 Å². The summed E-state index contributed by atoms with van der Waals surface area (Å²) in [5, 5.41) is 2.70. The second-order valence-corrected chi connectivity index (χ2v) is 3.71. The zero-order valence-corrected chi connectivity index (χ0v) is 8.34. The average Bonchev–Trinajstić information content (AvgIpc) is 2.64. The van der Waals surface area contributed by atoms with Crippen molar-refractivity contribution in [3.63, 3.8) is 0 Å². The monoisotopic (exact) mass is 185 g/mol. The number of methoxy groups -OCH3 is 1. The van der Waals surface area contributed by atoms with Crippen LogP contribution in [0.25, 0.3) is 0 Å². The van der Waals surface area contributed by atoms with Gasteiger partial charge in [-0.1, -0.05) is 25.7 Å². The van der Waals surface area contributed by atoms with Crippen molar-refractivity contribution < 1.29 is 9.53 Å². The summed E-state index contributed by atoms with van der Waals surface area (Å²) in [6, 6.07) is 0. The van der Waals surface area contributed by atoms with E-state index in [1.165, 1.54) is 39.2 Å². The van der Waals surface area contributed by atoms with Gasteiger partial charge in [-0.2, -0.15) is 0 Å². The first kappa shape index (κ1) is 10.4. The van der Waals surface area contributed by atoms with Crippen LogP contribution in [0.5, 0.6) is 0 Å². The Hall–Kier alpha value is -0.730. The summed E-state index contributed by atoms with van der Waals surface area (Å²) in [6.07, 6.45) is 7.59. The fourth-order valence-corrected chi connectivity index (χ4v) is 1.95. The third-order valence-electron chi connectivity index (χ3n) is 2.72. The molecule has 0 aromatic carbocycles. The van der Waals surface area contributed by atoms with E-state index in [0.717, 1.165) is 18.9 Å². The molecule has 1 amide bonds. The molecule has 13 heavy (non-hydrogen) atoms. The third-order valence-corrected chi connectivity index (χ3v) is 2.72. The van der Waals surface area contributed by atoms with Gasteiger partial charge in [0.2, 0.25) is 0 Å². The van der Waals surface area contributed by atoms with Gasteiger partial charge in [0.25, 0.3) is 0 Å². The van der Waals surface area contributed by atoms with Gasteiger partial charge in [-0.05, 0) is 18.8 Å². The summed E-state index contributed by atoms with van der Waals surface area (Å²) in [7, 11) is 1.40. The normalized spacial score (nSPS) is 17.3. The molecule has 1 aliphatic rings. The fourth-order valence-electron chi connectivity index (χ4n) is 1.95. The van der Waals surface area contributed by atoms with Crippen molar-refractivity contribution in [3.8, 4) is 0 Å². The standard InChI is InChI=1S/C10H19NO2/c1-13-10(12)11-8-4-7-9-5-2-3-6-9/h9H,2-8H2,1H3,(H,11,12). The first-order valence-corrected chi connectivity index (χ1v) is 5.14. The van der Waals surface area contributed by atoms with Crippen LogP contribution in [-0.4, -0.2) is 19.7 Å². The molecule has 0 aromatic rings. The summed E-state index contributed by atoms with van der Waals surface area (Å²) < 4.78 is 4.47. The fraction of sp³-hybridized carbons (Fsp3) is 0.900. The molecule has 0 spiro atoms. The maximum Gasteiger partial charge on any atom is 0.406 e. The molecule has 1 saturated carbocycles. The predicted molar refractivity (Wildman–Crippen MR) is 51.6 cm³/mol. The first-order chi connectivity index (χ1) is 6.33. The zero-order chi connectivity index (χ0) is 9.52. The van der Waals surface area contributed by atoms with Crippen molar-refractivity contribution in [2.75, 3.05) is 13.7 Å². The topological polar surface area (TPSA) is 38.3 Å². The van der Waals surface area contributed by atoms with Crippen LogP contribution in [-0.2, 0) is 4.74 Å². The molecular weight excluding hydrogens is 166 g/mol. The molecule has 0 unspecified atom stereocenters. The quantitative estimate of drug-likeness (QED) is 0.682. The van der Waals surface area contributed by atoms with Crippen LogP contribution in [0.4, 0.5) is 4.79 Å². The van der Waals surface area contributed by atoms with Crippen LogP contribution in [0, 0.1) is 5.92 Å². The number of carbonyl (C=O) groups excluding carboxylic acids is 1. The van der Waals surface area contributed by atoms with Gasteiger partial charge in [-0.25, -0.2) is 4.79 Å². The van der Waals surface area contributed by atoms with E-state index in [1.807, 2.05) is 0 Å². The van der Waals surface area contributed by atoms with E-state index in [9.17, 15) is 4.79 Å². The Balaban J connectivity index is 1.91. The number of carbonyl (C=O) groups is 1. The summed E-state index contributed by atoms with van der Waals surface area (Å²) in [5.74, 6) is 0.916. The maximum atomic E-state index is 10.7. The van der Waals surface area contributed by atoms with E-state index >= 15 is 0 Å². The first-order valence-electron chi connectivity index (χ1n) is 5.14. The Morgan fingerprint density at radius 2 is 2.15 bits per heavy atom. The summed E-state index contributed by atoms with van der Waals surface area (Å²) >= 11 is 0. The van der Waals surface area contributed by atoms with Crippen molar-refractivity contribution in [3.05, 3.63) is 0 Å². The minimum atomic E-state index is -0.313. The van der Waals surface area contributed by atoms with Gasteiger partial charge in [0.1, 0.15) is 0 Å². The van der Waals surface area contributed by atoms with E-state index in [0.29, 0.717) is 0 Å². The third kappa shape index (κ3) is 4.15. The van der Waals surface area contributed by atoms with Crippen molar-refractivity contribution in [1.29, 1.82) is 0 Å². The molecule has 0 radical (unpaired) electrons. The predicted octanol–water partition coefficient (Wildman–Crippen LogP) is 2.31. The van der Waals surface area contributed by atoms with Crippen molar-refractivity contribution in [1.82, 2.24) is 5.32 Å². The smallest absolute Gasteiger partial charge is 0.406 e. The average molecular weight is 185 g/mol. The Morgan fingerprint density at radius 3 is 2.77 bits per heavy atom. The molecule has 1 rings (SSSR count). The van der Waals surface area contributed by atoms with Crippen LogP contribution in [0.3, 0.4) is 0 Å². The minimum absolute atomic E-state index is 0.313. The summed E-state index contributed by atoms with van der Waals surface area (Å²) in [6.45, 7) is 0.753. The number of nitrogens with one attached hydrogen (secondary N) is 1. The zero-order valence-electron chi connectivity index (χ0n) is 8.34. The number of amides is 1. The van der Waals surface area contributed by atoms with Crippen LogP contribution < -0.4 is 5.32 Å². The molecule has 3 heteroatoms. The second kappa shape index (κ2) is 5.84. The highest BCUT2D eigenvalue weighted by Gasteiger charge is 2.13. The van der Waals surface area contributed by atoms with Gasteiger partial charge in [-0.15, -0.1) is 0 Å². The van der Waals surface area contributed by atoms with Gasteiger partial charge < -0.3 is 10.1 Å². The molecule has 76 valence electrons. The van der Waals surface area contributed by atoms with E-state index in [-0.39, 0.29) is 6.09 Å². The van der Waals surface area contributed by atoms with Gasteiger partial charge >= 0.3 is 6.09 Å². The molecular formula is C10H19NO2. The second-order valence-electron chi connectivity index (χ2n) is 3.71. The molecule has 0 atom stereocenters. The molecule has 0 bridgehead atoms. The maximum absolute atomic E-state index is 10.7. The Bertz CT molecular complexity index is 153. The molecule has 1 aliphatic carbocycles.